The molecule has 0 aromatic carbocycles. The molecule has 0 aliphatic carbocycles. The Morgan fingerprint density at radius 2 is 1.90 bits per heavy atom. The maximum Gasteiger partial charge on any atom is 0.409 e. The van der Waals surface area contributed by atoms with Crippen molar-refractivity contribution in [2.45, 2.75) is 6.92 Å². The molecule has 0 saturated carbocycles. The van der Waals surface area contributed by atoms with E-state index < -0.39 is 5.56 Å². The summed E-state index contributed by atoms with van der Waals surface area (Å²) in [6, 6.07) is 1.35. The molecule has 0 atom stereocenters. The van der Waals surface area contributed by atoms with Gasteiger partial charge in [0, 0.05) is 32.4 Å². The van der Waals surface area contributed by atoms with Crippen molar-refractivity contribution in [1.82, 2.24) is 14.8 Å². The van der Waals surface area contributed by atoms with Crippen LogP contribution in [0.3, 0.4) is 0 Å². The van der Waals surface area contributed by atoms with Gasteiger partial charge in [0.25, 0.3) is 11.5 Å². The van der Waals surface area contributed by atoms with Gasteiger partial charge in [-0.2, -0.15) is 0 Å². The molecule has 0 spiro atoms. The van der Waals surface area contributed by atoms with E-state index in [2.05, 4.69) is 4.98 Å². The molecule has 1 aromatic rings. The molecule has 1 saturated heterocycles. The molecule has 2 heterocycles. The van der Waals surface area contributed by atoms with Crippen molar-refractivity contribution in [3.8, 4) is 0 Å². The zero-order chi connectivity index (χ0) is 15.4. The second kappa shape index (κ2) is 6.62. The van der Waals surface area contributed by atoms with Crippen LogP contribution in [0.1, 0.15) is 17.3 Å². The lowest BCUT2D eigenvalue weighted by Crippen LogP contribution is -2.51. The Kier molecular flexibility index (Phi) is 4.85. The van der Waals surface area contributed by atoms with Gasteiger partial charge >= 0.3 is 6.09 Å². The van der Waals surface area contributed by atoms with Crippen LogP contribution in [0.4, 0.5) is 4.79 Å². The van der Waals surface area contributed by atoms with Gasteiger partial charge in [0.05, 0.1) is 11.6 Å². The molecule has 114 valence electrons. The van der Waals surface area contributed by atoms with Gasteiger partial charge in [-0.3, -0.25) is 9.59 Å². The molecule has 2 rings (SSSR count). The number of amides is 2. The Morgan fingerprint density at radius 1 is 1.29 bits per heavy atom. The molecule has 0 bridgehead atoms. The number of aromatic amines is 1. The number of rotatable bonds is 2. The summed E-state index contributed by atoms with van der Waals surface area (Å²) in [5.41, 5.74) is -0.468. The van der Waals surface area contributed by atoms with Crippen LogP contribution in [0.2, 0.25) is 5.02 Å². The molecule has 21 heavy (non-hydrogen) atoms. The molecule has 1 fully saturated rings. The molecule has 8 heteroatoms. The minimum atomic E-state index is -0.475. The van der Waals surface area contributed by atoms with E-state index in [1.165, 1.54) is 22.1 Å². The van der Waals surface area contributed by atoms with Crippen LogP contribution in [0.25, 0.3) is 0 Å². The number of H-pyrrole nitrogens is 1. The van der Waals surface area contributed by atoms with Crippen LogP contribution < -0.4 is 5.56 Å². The second-order valence-corrected chi connectivity index (χ2v) is 4.98. The first-order chi connectivity index (χ1) is 10.0. The summed E-state index contributed by atoms with van der Waals surface area (Å²) in [7, 11) is 0. The summed E-state index contributed by atoms with van der Waals surface area (Å²) in [5.74, 6) is -0.387. The van der Waals surface area contributed by atoms with Crippen molar-refractivity contribution in [2.75, 3.05) is 32.8 Å². The Bertz CT molecular complexity index is 593. The first-order valence-electron chi connectivity index (χ1n) is 6.62. The van der Waals surface area contributed by atoms with Crippen molar-refractivity contribution >= 4 is 23.6 Å². The third-order valence-corrected chi connectivity index (χ3v) is 3.41. The number of nitrogens with zero attached hydrogens (tertiary/aromatic N) is 2. The van der Waals surface area contributed by atoms with E-state index in [1.807, 2.05) is 0 Å². The van der Waals surface area contributed by atoms with Gasteiger partial charge < -0.3 is 19.5 Å². The normalized spacial score (nSPS) is 15.0. The van der Waals surface area contributed by atoms with Crippen molar-refractivity contribution in [2.24, 2.45) is 0 Å². The topological polar surface area (TPSA) is 82.7 Å². The van der Waals surface area contributed by atoms with Crippen LogP contribution in [-0.4, -0.2) is 59.6 Å². The van der Waals surface area contributed by atoms with Crippen molar-refractivity contribution in [1.29, 1.82) is 0 Å². The molecule has 1 aliphatic rings. The Hall–Kier alpha value is -2.02. The maximum atomic E-state index is 12.3. The third-order valence-electron chi connectivity index (χ3n) is 3.19. The van der Waals surface area contributed by atoms with E-state index in [0.717, 1.165) is 0 Å². The monoisotopic (exact) mass is 313 g/mol. The highest BCUT2D eigenvalue weighted by atomic mass is 35.5. The molecular weight excluding hydrogens is 298 g/mol. The predicted octanol–water partition coefficient (Wildman–Crippen LogP) is 0.943. The lowest BCUT2D eigenvalue weighted by Gasteiger charge is -2.33. The summed E-state index contributed by atoms with van der Waals surface area (Å²) in [4.78, 5) is 41.0. The van der Waals surface area contributed by atoms with Crippen LogP contribution in [-0.2, 0) is 4.74 Å². The summed E-state index contributed by atoms with van der Waals surface area (Å²) in [6.07, 6.45) is 0.949. The first-order valence-corrected chi connectivity index (χ1v) is 7.00. The Labute approximate surface area is 126 Å². The molecule has 1 aliphatic heterocycles. The fourth-order valence-corrected chi connectivity index (χ4v) is 2.26. The molecule has 0 unspecified atom stereocenters. The number of carbonyl (C=O) groups is 2. The lowest BCUT2D eigenvalue weighted by molar-refractivity contribution is 0.0569. The van der Waals surface area contributed by atoms with Gasteiger partial charge in [0.1, 0.15) is 5.56 Å². The van der Waals surface area contributed by atoms with Gasteiger partial charge in [-0.1, -0.05) is 11.6 Å². The van der Waals surface area contributed by atoms with Crippen LogP contribution in [0.5, 0.6) is 0 Å². The average molecular weight is 314 g/mol. The van der Waals surface area contributed by atoms with Crippen molar-refractivity contribution in [3.05, 3.63) is 33.2 Å². The summed E-state index contributed by atoms with van der Waals surface area (Å²) in [5, 5.41) is 0.295. The summed E-state index contributed by atoms with van der Waals surface area (Å²) < 4.78 is 4.91. The van der Waals surface area contributed by atoms with Crippen molar-refractivity contribution in [3.63, 3.8) is 0 Å². The second-order valence-electron chi connectivity index (χ2n) is 4.54. The van der Waals surface area contributed by atoms with E-state index in [9.17, 15) is 14.4 Å². The number of halogens is 1. The number of piperazine rings is 1. The fraction of sp³-hybridized carbons (Fsp3) is 0.462. The van der Waals surface area contributed by atoms with Crippen LogP contribution in [0.15, 0.2) is 17.1 Å². The zero-order valence-electron chi connectivity index (χ0n) is 11.6. The number of hydrogen-bond acceptors (Lipinski definition) is 4. The van der Waals surface area contributed by atoms with E-state index in [4.69, 9.17) is 16.3 Å². The van der Waals surface area contributed by atoms with Crippen LogP contribution >= 0.6 is 11.6 Å². The molecule has 1 N–H and O–H groups in total. The summed E-state index contributed by atoms with van der Waals surface area (Å²) in [6.45, 7) is 3.51. The predicted molar refractivity (Wildman–Crippen MR) is 76.6 cm³/mol. The van der Waals surface area contributed by atoms with Gasteiger partial charge in [0.15, 0.2) is 0 Å². The van der Waals surface area contributed by atoms with Crippen LogP contribution in [0, 0.1) is 0 Å². The molecule has 1 aromatic heterocycles. The molecular formula is C13H16ClN3O4. The van der Waals surface area contributed by atoms with Gasteiger partial charge in [-0.05, 0) is 13.0 Å². The van der Waals surface area contributed by atoms with Crippen molar-refractivity contribution < 1.29 is 14.3 Å². The maximum absolute atomic E-state index is 12.3. The smallest absolute Gasteiger partial charge is 0.409 e. The molecule has 2 amide bonds. The minimum absolute atomic E-state index is 0.00656. The first kappa shape index (κ1) is 15.4. The SMILES string of the molecule is CCOC(=O)N1CCN(C(=O)c2cc(Cl)c[nH]c2=O)CC1. The molecule has 7 nitrogen and oxygen atoms in total. The third kappa shape index (κ3) is 3.55. The number of carbonyl (C=O) groups excluding carboxylic acids is 2. The minimum Gasteiger partial charge on any atom is -0.450 e. The Morgan fingerprint density at radius 3 is 2.52 bits per heavy atom. The van der Waals surface area contributed by atoms with Gasteiger partial charge in [0.2, 0.25) is 0 Å². The number of pyridine rings is 1. The highest BCUT2D eigenvalue weighted by Crippen LogP contribution is 2.10. The number of ether oxygens (including phenoxy) is 1. The zero-order valence-corrected chi connectivity index (χ0v) is 12.4. The number of hydrogen-bond donors (Lipinski definition) is 1. The highest BCUT2D eigenvalue weighted by Gasteiger charge is 2.26. The standard InChI is InChI=1S/C13H16ClN3O4/c1-2-21-13(20)17-5-3-16(4-6-17)12(19)10-7-9(14)8-15-11(10)18/h7-8H,2-6H2,1H3,(H,15,18). The average Bonchev–Trinajstić information content (AvgIpc) is 2.49. The summed E-state index contributed by atoms with van der Waals surface area (Å²) >= 11 is 5.79. The van der Waals surface area contributed by atoms with E-state index in [1.54, 1.807) is 6.92 Å². The van der Waals surface area contributed by atoms with E-state index in [0.29, 0.717) is 37.8 Å². The van der Waals surface area contributed by atoms with E-state index in [-0.39, 0.29) is 17.6 Å². The fourth-order valence-electron chi connectivity index (χ4n) is 2.09. The van der Waals surface area contributed by atoms with E-state index >= 15 is 0 Å². The largest absolute Gasteiger partial charge is 0.450 e. The van der Waals surface area contributed by atoms with Gasteiger partial charge in [-0.15, -0.1) is 0 Å². The number of aromatic nitrogens is 1. The Balaban J connectivity index is 2.02. The highest BCUT2D eigenvalue weighted by molar-refractivity contribution is 6.30. The number of nitrogens with one attached hydrogen (secondary N) is 1. The lowest BCUT2D eigenvalue weighted by atomic mass is 10.2. The quantitative estimate of drug-likeness (QED) is 0.881. The van der Waals surface area contributed by atoms with Gasteiger partial charge in [-0.25, -0.2) is 4.79 Å². The molecule has 0 radical (unpaired) electrons.